The number of quaternary nitrogens is 5. The minimum Gasteiger partial charge on any atom is -0.894 e. The van der Waals surface area contributed by atoms with Gasteiger partial charge in [0.2, 0.25) is 10.4 Å². The van der Waals surface area contributed by atoms with Gasteiger partial charge in [-0.25, -0.2) is 8.42 Å². The highest BCUT2D eigenvalue weighted by Crippen LogP contribution is 2.10. The molecule has 15 heteroatoms. The van der Waals surface area contributed by atoms with Gasteiger partial charge < -0.3 is 63.5 Å². The smallest absolute Gasteiger partial charge is 0.217 e. The van der Waals surface area contributed by atoms with Crippen molar-refractivity contribution in [1.82, 2.24) is 30.8 Å². The van der Waals surface area contributed by atoms with Crippen LogP contribution in [0.1, 0.15) is 71.1 Å². The average Bonchev–Trinajstić information content (AvgIpc) is 2.32. The Morgan fingerprint density at radius 3 is 1.19 bits per heavy atom. The van der Waals surface area contributed by atoms with Gasteiger partial charge in [-0.1, -0.05) is 64.7 Å². The molecule has 0 bridgehead atoms. The van der Waals surface area contributed by atoms with E-state index in [1.807, 2.05) is 0 Å². The topological polar surface area (TPSA) is 341 Å². The molecule has 0 aromatic heterocycles. The summed E-state index contributed by atoms with van der Waals surface area (Å²) in [5, 5.41) is 0. The summed E-state index contributed by atoms with van der Waals surface area (Å²) < 4.78 is 34.5. The molecule has 0 aliphatic rings. The zero-order chi connectivity index (χ0) is 17.5. The van der Waals surface area contributed by atoms with Crippen molar-refractivity contribution in [2.45, 2.75) is 71.1 Å². The first-order valence-corrected chi connectivity index (χ1v) is 10.4. The lowest BCUT2D eigenvalue weighted by Crippen LogP contribution is -2.82. The van der Waals surface area contributed by atoms with Crippen LogP contribution in [0.3, 0.4) is 0 Å². The molecule has 0 heterocycles. The standard InChI is InChI=1S/C12H26O4S.5H3N.O4Si/c1-2-3-4-5-6-7-8-9-10-11-12-16-17(13,14)15;;;;;;1-5(2,3)4/h2-12H2,1H3,(H,13,14,15);5*1H3;/q;;;;;;-4/p+4. The molecule has 0 saturated heterocycles. The lowest BCUT2D eigenvalue weighted by atomic mass is 10.1. The summed E-state index contributed by atoms with van der Waals surface area (Å²) in [5.41, 5.74) is 0. The molecule has 176 valence electrons. The van der Waals surface area contributed by atoms with Crippen LogP contribution in [0.15, 0.2) is 0 Å². The van der Waals surface area contributed by atoms with Gasteiger partial charge in [0.25, 0.3) is 0 Å². The van der Waals surface area contributed by atoms with Crippen molar-refractivity contribution in [2.24, 2.45) is 0 Å². The van der Waals surface area contributed by atoms with Gasteiger partial charge in [-0.3, -0.25) is 4.18 Å². The summed E-state index contributed by atoms with van der Waals surface area (Å²) >= 11 is 0. The van der Waals surface area contributed by atoms with Crippen molar-refractivity contribution in [2.75, 3.05) is 6.61 Å². The van der Waals surface area contributed by atoms with Crippen LogP contribution < -0.4 is 49.9 Å². The molecule has 0 fully saturated rings. The molecule has 0 amide bonds. The molecule has 0 spiro atoms. The van der Waals surface area contributed by atoms with E-state index in [1.165, 1.54) is 44.9 Å². The van der Waals surface area contributed by atoms with Crippen LogP contribution >= 0.6 is 0 Å². The monoisotopic (exact) mass is 447 g/mol. The fourth-order valence-electron chi connectivity index (χ4n) is 1.75. The minimum absolute atomic E-state index is 0. The van der Waals surface area contributed by atoms with Gasteiger partial charge in [-0.15, -0.1) is 0 Å². The quantitative estimate of drug-likeness (QED) is 0.118. The highest BCUT2D eigenvalue weighted by atomic mass is 32.3. The first kappa shape index (κ1) is 45.5. The van der Waals surface area contributed by atoms with Gasteiger partial charge in [0, 0.05) is 0 Å². The molecule has 0 unspecified atom stereocenters. The van der Waals surface area contributed by atoms with Crippen LogP contribution in [0.5, 0.6) is 0 Å². The lowest BCUT2D eigenvalue weighted by Gasteiger charge is -2.67. The van der Waals surface area contributed by atoms with E-state index in [1.54, 1.807) is 0 Å². The van der Waals surface area contributed by atoms with Crippen LogP contribution in [0.4, 0.5) is 0 Å². The SMILES string of the molecule is CCCCCCCCCCCCOS(=O)(=O)[O-].[NH4+].[NH4+].[NH4+].[NH4+].[NH4+].[O-][Si]([O-])([O-])[O-]. The third-order valence-corrected chi connectivity index (χ3v) is 3.18. The fraction of sp³-hybridized carbons (Fsp3) is 1.00. The maximum Gasteiger partial charge on any atom is 0.217 e. The summed E-state index contributed by atoms with van der Waals surface area (Å²) in [6.45, 7) is 2.24. The number of rotatable bonds is 12. The van der Waals surface area contributed by atoms with Crippen LogP contribution in [0, 0.1) is 0 Å². The summed E-state index contributed by atoms with van der Waals surface area (Å²) in [5.74, 6) is 0. The second kappa shape index (κ2) is 27.9. The number of hydrogen-bond acceptors (Lipinski definition) is 8. The predicted molar refractivity (Wildman–Crippen MR) is 103 cm³/mol. The summed E-state index contributed by atoms with van der Waals surface area (Å²) in [6.07, 6.45) is 11.7. The maximum atomic E-state index is 10.1. The van der Waals surface area contributed by atoms with Crippen LogP contribution in [-0.4, -0.2) is 28.6 Å². The highest BCUT2D eigenvalue weighted by Gasteiger charge is 1.95. The van der Waals surface area contributed by atoms with E-state index >= 15 is 0 Å². The largest absolute Gasteiger partial charge is 0.894 e. The molecule has 13 nitrogen and oxygen atoms in total. The Labute approximate surface area is 164 Å². The maximum absolute atomic E-state index is 10.1. The van der Waals surface area contributed by atoms with E-state index in [4.69, 9.17) is 19.2 Å². The molecule has 0 aromatic carbocycles. The Hall–Kier alpha value is -0.273. The Morgan fingerprint density at radius 2 is 0.926 bits per heavy atom. The van der Waals surface area contributed by atoms with E-state index in [9.17, 15) is 13.0 Å². The summed E-state index contributed by atoms with van der Waals surface area (Å²) in [6, 6.07) is 0. The van der Waals surface area contributed by atoms with Crippen molar-refractivity contribution in [3.8, 4) is 0 Å². The van der Waals surface area contributed by atoms with E-state index in [2.05, 4.69) is 11.1 Å². The molecule has 27 heavy (non-hydrogen) atoms. The molecule has 0 saturated carbocycles. The van der Waals surface area contributed by atoms with Gasteiger partial charge in [0.15, 0.2) is 0 Å². The normalized spacial score (nSPS) is 9.70. The first-order chi connectivity index (χ1) is 10.1. The van der Waals surface area contributed by atoms with Gasteiger partial charge in [-0.05, 0) is 6.42 Å². The second-order valence-corrected chi connectivity index (χ2v) is 6.96. The zero-order valence-electron chi connectivity index (χ0n) is 18.0. The van der Waals surface area contributed by atoms with E-state index < -0.39 is 19.4 Å². The average molecular weight is 448 g/mol. The van der Waals surface area contributed by atoms with Crippen LogP contribution in [0.25, 0.3) is 0 Å². The van der Waals surface area contributed by atoms with Crippen molar-refractivity contribution in [3.63, 3.8) is 0 Å². The summed E-state index contributed by atoms with van der Waals surface area (Å²) in [4.78, 5) is 34.3. The van der Waals surface area contributed by atoms with Crippen molar-refractivity contribution >= 4 is 19.4 Å². The molecular formula is C12H45N5O8SSi. The number of hydrogen-bond donors (Lipinski definition) is 5. The van der Waals surface area contributed by atoms with Crippen molar-refractivity contribution in [1.29, 1.82) is 0 Å². The van der Waals surface area contributed by atoms with Gasteiger partial charge in [0.05, 0.1) is 6.61 Å². The first-order valence-electron chi connectivity index (χ1n) is 7.48. The van der Waals surface area contributed by atoms with Crippen molar-refractivity contribution in [3.05, 3.63) is 0 Å². The van der Waals surface area contributed by atoms with Gasteiger partial charge in [0.1, 0.15) is 0 Å². The fourth-order valence-corrected chi connectivity index (χ4v) is 2.07. The summed E-state index contributed by atoms with van der Waals surface area (Å²) in [7, 11) is -10.1. The minimum atomic E-state index is -5.61. The third kappa shape index (κ3) is 76.9. The Balaban J connectivity index is -0.0000000713. The molecule has 0 aliphatic heterocycles. The zero-order valence-corrected chi connectivity index (χ0v) is 19.8. The second-order valence-electron chi connectivity index (χ2n) is 4.91. The van der Waals surface area contributed by atoms with Gasteiger partial charge >= 0.3 is 0 Å². The highest BCUT2D eigenvalue weighted by molar-refractivity contribution is 7.80. The van der Waals surface area contributed by atoms with Gasteiger partial charge in [-0.2, -0.15) is 0 Å². The van der Waals surface area contributed by atoms with E-state index in [0.29, 0.717) is 6.42 Å². The molecule has 0 atom stereocenters. The molecule has 0 radical (unpaired) electrons. The molecule has 20 N–H and O–H groups in total. The molecule has 0 aliphatic carbocycles. The molecule has 0 rings (SSSR count). The molecule has 0 aromatic rings. The Bertz CT molecular complexity index is 341. The van der Waals surface area contributed by atoms with Crippen molar-refractivity contribution < 1.29 is 36.3 Å². The third-order valence-electron chi connectivity index (χ3n) is 2.73. The lowest BCUT2D eigenvalue weighted by molar-refractivity contribution is -0.624. The van der Waals surface area contributed by atoms with E-state index in [-0.39, 0.29) is 37.4 Å². The Kier molecular flexibility index (Phi) is 47.0. The van der Waals surface area contributed by atoms with Crippen LogP contribution in [-0.2, 0) is 14.6 Å². The van der Waals surface area contributed by atoms with Crippen LogP contribution in [0.2, 0.25) is 0 Å². The predicted octanol–water partition coefficient (Wildman–Crippen LogP) is 0.128. The molecular weight excluding hydrogens is 402 g/mol. The number of unbranched alkanes of at least 4 members (excludes halogenated alkanes) is 9. The Morgan fingerprint density at radius 1 is 0.667 bits per heavy atom. The van der Waals surface area contributed by atoms with E-state index in [0.717, 1.165) is 12.8 Å².